The zero-order chi connectivity index (χ0) is 16.3. The third-order valence-corrected chi connectivity index (χ3v) is 5.86. The fourth-order valence-electron chi connectivity index (χ4n) is 3.90. The Hall–Kier alpha value is -1.37. The van der Waals surface area contributed by atoms with Crippen molar-refractivity contribution in [2.45, 2.75) is 43.6 Å². The number of nitrogens with zero attached hydrogens (tertiary/aromatic N) is 3. The average molecular weight is 365 g/mol. The molecule has 2 aromatic heterocycles. The molecule has 7 heteroatoms. The smallest absolute Gasteiger partial charge is 0.230 e. The van der Waals surface area contributed by atoms with E-state index in [4.69, 9.17) is 8.94 Å². The van der Waals surface area contributed by atoms with Gasteiger partial charge in [0.1, 0.15) is 11.5 Å². The van der Waals surface area contributed by atoms with E-state index < -0.39 is 0 Å². The van der Waals surface area contributed by atoms with Crippen molar-refractivity contribution in [3.8, 4) is 0 Å². The van der Waals surface area contributed by atoms with E-state index in [2.05, 4.69) is 46.5 Å². The summed E-state index contributed by atoms with van der Waals surface area (Å²) in [6.45, 7) is 5.19. The summed E-state index contributed by atoms with van der Waals surface area (Å²) in [7, 11) is 2.12. The minimum Gasteiger partial charge on any atom is -0.465 e. The monoisotopic (exact) mass is 364 g/mol. The number of nitrogens with one attached hydrogen (secondary N) is 1. The molecule has 2 saturated carbocycles. The Kier molecular flexibility index (Phi) is 4.38. The molecule has 0 amide bonds. The first-order valence-corrected chi connectivity index (χ1v) is 9.05. The van der Waals surface area contributed by atoms with E-state index in [0.29, 0.717) is 17.8 Å². The summed E-state index contributed by atoms with van der Waals surface area (Å²) in [5, 5.41) is 7.63. The highest BCUT2D eigenvalue weighted by Gasteiger charge is 2.47. The second kappa shape index (κ2) is 6.41. The van der Waals surface area contributed by atoms with Crippen LogP contribution in [0.15, 0.2) is 21.1 Å². The van der Waals surface area contributed by atoms with Crippen LogP contribution < -0.4 is 5.32 Å². The first-order valence-electron chi connectivity index (χ1n) is 9.05. The van der Waals surface area contributed by atoms with E-state index >= 15 is 0 Å². The highest BCUT2D eigenvalue weighted by molar-refractivity contribution is 5.85. The van der Waals surface area contributed by atoms with Crippen molar-refractivity contribution in [2.75, 3.05) is 26.7 Å². The third kappa shape index (κ3) is 3.11. The molecule has 6 nitrogen and oxygen atoms in total. The molecule has 5 atom stereocenters. The van der Waals surface area contributed by atoms with Crippen LogP contribution in [0.4, 0.5) is 0 Å². The molecule has 1 N–H and O–H groups in total. The van der Waals surface area contributed by atoms with Gasteiger partial charge in [0.05, 0.1) is 6.04 Å². The maximum Gasteiger partial charge on any atom is 0.230 e. The van der Waals surface area contributed by atoms with E-state index in [1.807, 2.05) is 0 Å². The van der Waals surface area contributed by atoms with Gasteiger partial charge in [0.2, 0.25) is 5.89 Å². The molecule has 0 radical (unpaired) electrons. The molecule has 3 aliphatic rings. The van der Waals surface area contributed by atoms with Crippen molar-refractivity contribution in [2.24, 2.45) is 5.92 Å². The average Bonchev–Trinajstić information content (AvgIpc) is 3.40. The number of hydrogen-bond acceptors (Lipinski definition) is 6. The molecule has 0 bridgehead atoms. The van der Waals surface area contributed by atoms with Crippen molar-refractivity contribution in [1.29, 1.82) is 0 Å². The molecule has 2 aromatic rings. The number of halogens is 1. The van der Waals surface area contributed by atoms with Gasteiger partial charge >= 0.3 is 0 Å². The Morgan fingerprint density at radius 2 is 1.92 bits per heavy atom. The largest absolute Gasteiger partial charge is 0.465 e. The highest BCUT2D eigenvalue weighted by atomic mass is 35.5. The lowest BCUT2D eigenvalue weighted by Crippen LogP contribution is -2.44. The van der Waals surface area contributed by atoms with Gasteiger partial charge in [-0.15, -0.1) is 12.4 Å². The maximum atomic E-state index is 6.09. The summed E-state index contributed by atoms with van der Waals surface area (Å²) in [6.07, 6.45) is 2.31. The van der Waals surface area contributed by atoms with Gasteiger partial charge in [-0.05, 0) is 37.9 Å². The first-order chi connectivity index (χ1) is 11.7. The van der Waals surface area contributed by atoms with Crippen LogP contribution in [-0.4, -0.2) is 41.7 Å². The maximum absolute atomic E-state index is 6.09. The van der Waals surface area contributed by atoms with E-state index in [0.717, 1.165) is 55.2 Å². The van der Waals surface area contributed by atoms with Gasteiger partial charge in [0, 0.05) is 37.4 Å². The lowest BCUT2D eigenvalue weighted by atomic mass is 10.2. The Balaban J connectivity index is 0.00000157. The topological polar surface area (TPSA) is 67.3 Å². The summed E-state index contributed by atoms with van der Waals surface area (Å²) in [5.74, 6) is 5.96. The number of furan rings is 1. The Morgan fingerprint density at radius 1 is 1.16 bits per heavy atom. The molecule has 5 rings (SSSR count). The molecule has 25 heavy (non-hydrogen) atoms. The summed E-state index contributed by atoms with van der Waals surface area (Å²) >= 11 is 0. The van der Waals surface area contributed by atoms with Crippen LogP contribution in [0.1, 0.15) is 66.8 Å². The van der Waals surface area contributed by atoms with Crippen LogP contribution in [-0.2, 0) is 0 Å². The molecule has 5 unspecified atom stereocenters. The molecular weight excluding hydrogens is 340 g/mol. The van der Waals surface area contributed by atoms with E-state index in [-0.39, 0.29) is 18.4 Å². The number of aromatic nitrogens is 2. The number of likely N-dealkylation sites (N-methyl/N-ethyl adjacent to an activating group) is 1. The van der Waals surface area contributed by atoms with Crippen molar-refractivity contribution >= 4 is 12.4 Å². The molecule has 2 aliphatic carbocycles. The normalized spacial score (nSPS) is 34.6. The molecule has 3 heterocycles. The molecular formula is C18H25ClN4O2. The highest BCUT2D eigenvalue weighted by Crippen LogP contribution is 2.56. The molecule has 0 spiro atoms. The summed E-state index contributed by atoms with van der Waals surface area (Å²) in [5.41, 5.74) is 0. The lowest BCUT2D eigenvalue weighted by molar-refractivity contribution is 0.190. The summed E-state index contributed by atoms with van der Waals surface area (Å²) < 4.78 is 11.7. The first kappa shape index (κ1) is 17.1. The predicted molar refractivity (Wildman–Crippen MR) is 95.1 cm³/mol. The van der Waals surface area contributed by atoms with Crippen LogP contribution >= 0.6 is 12.4 Å². The second-order valence-corrected chi connectivity index (χ2v) is 7.70. The molecule has 0 aromatic carbocycles. The molecule has 1 aliphatic heterocycles. The van der Waals surface area contributed by atoms with Crippen molar-refractivity contribution in [1.82, 2.24) is 20.4 Å². The van der Waals surface area contributed by atoms with Gasteiger partial charge in [0.15, 0.2) is 5.82 Å². The third-order valence-electron chi connectivity index (χ3n) is 5.86. The number of piperazine rings is 1. The van der Waals surface area contributed by atoms with Gasteiger partial charge in [-0.1, -0.05) is 12.1 Å². The number of hydrogen-bond donors (Lipinski definition) is 1. The van der Waals surface area contributed by atoms with Gasteiger partial charge in [-0.2, -0.15) is 4.98 Å². The predicted octanol–water partition coefficient (Wildman–Crippen LogP) is 3.06. The number of rotatable bonds is 4. The van der Waals surface area contributed by atoms with Gasteiger partial charge < -0.3 is 14.3 Å². The molecule has 136 valence electrons. The Bertz CT molecular complexity index is 745. The quantitative estimate of drug-likeness (QED) is 0.899. The van der Waals surface area contributed by atoms with Gasteiger partial charge in [-0.3, -0.25) is 4.90 Å². The van der Waals surface area contributed by atoms with E-state index in [1.54, 1.807) is 0 Å². The second-order valence-electron chi connectivity index (χ2n) is 7.70. The standard InChI is InChI=1S/C18H24N4O2.ClH/c1-10-7-11(10)15-3-4-16(23-15)12-8-13(12)18-20-17(21-24-18)14-9-19-5-6-22(14)2;/h3-4,10-14,19H,5-9H2,1-2H3;1H. The molecule has 1 saturated heterocycles. The van der Waals surface area contributed by atoms with Crippen LogP contribution in [0, 0.1) is 5.92 Å². The Labute approximate surface area is 153 Å². The van der Waals surface area contributed by atoms with Crippen molar-refractivity contribution in [3.05, 3.63) is 35.4 Å². The Morgan fingerprint density at radius 3 is 2.64 bits per heavy atom. The minimum absolute atomic E-state index is 0. The summed E-state index contributed by atoms with van der Waals surface area (Å²) in [4.78, 5) is 6.97. The van der Waals surface area contributed by atoms with E-state index in [9.17, 15) is 0 Å². The van der Waals surface area contributed by atoms with Gasteiger partial charge in [0.25, 0.3) is 0 Å². The van der Waals surface area contributed by atoms with Crippen molar-refractivity contribution in [3.63, 3.8) is 0 Å². The zero-order valence-electron chi connectivity index (χ0n) is 14.6. The lowest BCUT2D eigenvalue weighted by Gasteiger charge is -2.30. The van der Waals surface area contributed by atoms with Crippen LogP contribution in [0.3, 0.4) is 0 Å². The SMILES string of the molecule is CC1CC1c1ccc(C2CC2c2nc(C3CNCCN3C)no2)o1.Cl. The fourth-order valence-corrected chi connectivity index (χ4v) is 3.90. The minimum atomic E-state index is 0. The van der Waals surface area contributed by atoms with Crippen LogP contribution in [0.25, 0.3) is 0 Å². The summed E-state index contributed by atoms with van der Waals surface area (Å²) in [6, 6.07) is 4.50. The fraction of sp³-hybridized carbons (Fsp3) is 0.667. The molecule has 3 fully saturated rings. The van der Waals surface area contributed by atoms with E-state index in [1.165, 1.54) is 6.42 Å². The van der Waals surface area contributed by atoms with Crippen molar-refractivity contribution < 1.29 is 8.94 Å². The van der Waals surface area contributed by atoms with Crippen LogP contribution in [0.5, 0.6) is 0 Å². The van der Waals surface area contributed by atoms with Gasteiger partial charge in [-0.25, -0.2) is 0 Å². The zero-order valence-corrected chi connectivity index (χ0v) is 15.5. The van der Waals surface area contributed by atoms with Crippen LogP contribution in [0.2, 0.25) is 0 Å².